The first-order valence-corrected chi connectivity index (χ1v) is 8.38. The highest BCUT2D eigenvalue weighted by atomic mass is 32.2. The molecule has 2 N–H and O–H groups in total. The molecular formula is C16H17FN4S. The smallest absolute Gasteiger partial charge is 0.226 e. The fourth-order valence-electron chi connectivity index (χ4n) is 3.08. The number of anilines is 1. The number of halogens is 1. The van der Waals surface area contributed by atoms with E-state index in [-0.39, 0.29) is 0 Å². The lowest BCUT2D eigenvalue weighted by Crippen LogP contribution is -2.49. The zero-order chi connectivity index (χ0) is 15.1. The summed E-state index contributed by atoms with van der Waals surface area (Å²) >= 11 is 1.24. The number of aryl methyl sites for hydroxylation is 1. The molecule has 6 heteroatoms. The van der Waals surface area contributed by atoms with Gasteiger partial charge in [-0.2, -0.15) is 0 Å². The van der Waals surface area contributed by atoms with Crippen LogP contribution in [0, 0.1) is 0 Å². The van der Waals surface area contributed by atoms with Gasteiger partial charge >= 0.3 is 0 Å². The van der Waals surface area contributed by atoms with E-state index in [9.17, 15) is 4.39 Å². The van der Waals surface area contributed by atoms with Gasteiger partial charge in [-0.15, -0.1) is 0 Å². The monoisotopic (exact) mass is 316 g/mol. The summed E-state index contributed by atoms with van der Waals surface area (Å²) < 4.78 is 13.1. The van der Waals surface area contributed by atoms with Crippen LogP contribution in [0.15, 0.2) is 29.2 Å². The highest BCUT2D eigenvalue weighted by molar-refractivity contribution is 7.97. The lowest BCUT2D eigenvalue weighted by atomic mass is 10.1. The van der Waals surface area contributed by atoms with E-state index in [1.165, 1.54) is 17.5 Å². The van der Waals surface area contributed by atoms with Crippen molar-refractivity contribution in [3.63, 3.8) is 0 Å². The van der Waals surface area contributed by atoms with Crippen LogP contribution >= 0.6 is 11.9 Å². The van der Waals surface area contributed by atoms with Gasteiger partial charge in [0.25, 0.3) is 0 Å². The Bertz CT molecular complexity index is 698. The SMILES string of the molecule is NSc1ccc(-c2nc(N3CC(F)C3)nc3c2CCC3)cc1. The number of hydrogen-bond donors (Lipinski definition) is 1. The Labute approximate surface area is 133 Å². The Balaban J connectivity index is 1.76. The largest absolute Gasteiger partial charge is 0.335 e. The number of hydrogen-bond acceptors (Lipinski definition) is 5. The average Bonchev–Trinajstić information content (AvgIpc) is 2.99. The third kappa shape index (κ3) is 2.36. The van der Waals surface area contributed by atoms with Crippen LogP contribution < -0.4 is 10.0 Å². The van der Waals surface area contributed by atoms with Crippen molar-refractivity contribution >= 4 is 17.9 Å². The van der Waals surface area contributed by atoms with E-state index in [1.807, 2.05) is 29.2 Å². The molecule has 1 aromatic heterocycles. The van der Waals surface area contributed by atoms with Crippen LogP contribution in [-0.4, -0.2) is 29.2 Å². The maximum atomic E-state index is 13.1. The van der Waals surface area contributed by atoms with E-state index < -0.39 is 6.17 Å². The molecule has 0 amide bonds. The highest BCUT2D eigenvalue weighted by Gasteiger charge is 2.30. The standard InChI is InChI=1S/C16H17FN4S/c17-11-8-21(9-11)16-19-14-3-1-2-13(14)15(20-16)10-4-6-12(22-18)7-5-10/h4-7,11H,1-3,8-9,18H2. The van der Waals surface area contributed by atoms with E-state index in [0.29, 0.717) is 19.0 Å². The zero-order valence-electron chi connectivity index (χ0n) is 12.1. The van der Waals surface area contributed by atoms with Gasteiger partial charge in [0.1, 0.15) is 6.17 Å². The van der Waals surface area contributed by atoms with Crippen LogP contribution in [0.4, 0.5) is 10.3 Å². The van der Waals surface area contributed by atoms with Crippen molar-refractivity contribution in [2.24, 2.45) is 5.14 Å². The first-order chi connectivity index (χ1) is 10.7. The van der Waals surface area contributed by atoms with Crippen molar-refractivity contribution in [2.45, 2.75) is 30.3 Å². The Kier molecular flexibility index (Phi) is 3.50. The summed E-state index contributed by atoms with van der Waals surface area (Å²) in [6, 6.07) is 8.11. The van der Waals surface area contributed by atoms with Crippen LogP contribution in [0.3, 0.4) is 0 Å². The molecule has 1 aliphatic heterocycles. The quantitative estimate of drug-likeness (QED) is 0.883. The molecule has 2 aromatic rings. The molecule has 0 unspecified atom stereocenters. The van der Waals surface area contributed by atoms with Gasteiger partial charge in [0.15, 0.2) is 0 Å². The lowest BCUT2D eigenvalue weighted by Gasteiger charge is -2.34. The third-order valence-corrected chi connectivity index (χ3v) is 4.85. The number of alkyl halides is 1. The third-order valence-electron chi connectivity index (χ3n) is 4.30. The molecule has 0 saturated carbocycles. The van der Waals surface area contributed by atoms with Crippen LogP contribution in [0.1, 0.15) is 17.7 Å². The first-order valence-electron chi connectivity index (χ1n) is 7.50. The second kappa shape index (κ2) is 5.52. The van der Waals surface area contributed by atoms with Crippen molar-refractivity contribution in [1.82, 2.24) is 9.97 Å². The molecule has 4 rings (SSSR count). The second-order valence-corrected chi connectivity index (χ2v) is 6.50. The van der Waals surface area contributed by atoms with Gasteiger partial charge in [-0.1, -0.05) is 12.1 Å². The van der Waals surface area contributed by atoms with E-state index >= 15 is 0 Å². The Morgan fingerprint density at radius 2 is 1.91 bits per heavy atom. The van der Waals surface area contributed by atoms with Crippen LogP contribution in [0.5, 0.6) is 0 Å². The number of nitrogens with two attached hydrogens (primary N) is 1. The van der Waals surface area contributed by atoms with Crippen molar-refractivity contribution in [3.8, 4) is 11.3 Å². The molecule has 1 aromatic carbocycles. The van der Waals surface area contributed by atoms with E-state index in [0.717, 1.165) is 41.1 Å². The van der Waals surface area contributed by atoms with Crippen molar-refractivity contribution < 1.29 is 4.39 Å². The number of fused-ring (bicyclic) bond motifs is 1. The average molecular weight is 316 g/mol. The molecule has 22 heavy (non-hydrogen) atoms. The summed E-state index contributed by atoms with van der Waals surface area (Å²) in [4.78, 5) is 12.3. The van der Waals surface area contributed by atoms with Gasteiger partial charge < -0.3 is 4.90 Å². The van der Waals surface area contributed by atoms with Crippen LogP contribution in [0.2, 0.25) is 0 Å². The fourth-order valence-corrected chi connectivity index (χ4v) is 3.37. The van der Waals surface area contributed by atoms with Gasteiger partial charge in [0, 0.05) is 21.7 Å². The van der Waals surface area contributed by atoms with Gasteiger partial charge in [0.05, 0.1) is 18.8 Å². The van der Waals surface area contributed by atoms with E-state index in [1.54, 1.807) is 0 Å². The predicted molar refractivity (Wildman–Crippen MR) is 86.6 cm³/mol. The predicted octanol–water partition coefficient (Wildman–Crippen LogP) is 2.76. The fraction of sp³-hybridized carbons (Fsp3) is 0.375. The van der Waals surface area contributed by atoms with Crippen molar-refractivity contribution in [3.05, 3.63) is 35.5 Å². The number of nitrogens with zero attached hydrogens (tertiary/aromatic N) is 3. The van der Waals surface area contributed by atoms with Crippen LogP contribution in [0.25, 0.3) is 11.3 Å². The highest BCUT2D eigenvalue weighted by Crippen LogP contribution is 2.33. The molecule has 2 heterocycles. The van der Waals surface area contributed by atoms with Gasteiger partial charge in [-0.3, -0.25) is 5.14 Å². The molecule has 2 aliphatic rings. The Morgan fingerprint density at radius 3 is 2.59 bits per heavy atom. The second-order valence-electron chi connectivity index (χ2n) is 5.80. The van der Waals surface area contributed by atoms with Gasteiger partial charge in [-0.25, -0.2) is 14.4 Å². The first kappa shape index (κ1) is 14.0. The summed E-state index contributed by atoms with van der Waals surface area (Å²) in [6.07, 6.45) is 2.37. The maximum absolute atomic E-state index is 13.1. The van der Waals surface area contributed by atoms with E-state index in [4.69, 9.17) is 10.1 Å². The normalized spacial score (nSPS) is 17.5. The minimum atomic E-state index is -0.749. The van der Waals surface area contributed by atoms with Gasteiger partial charge in [0.2, 0.25) is 5.95 Å². The molecule has 1 saturated heterocycles. The Morgan fingerprint density at radius 1 is 1.14 bits per heavy atom. The molecule has 0 spiro atoms. The zero-order valence-corrected chi connectivity index (χ0v) is 12.9. The molecule has 114 valence electrons. The number of aromatic nitrogens is 2. The van der Waals surface area contributed by atoms with E-state index in [2.05, 4.69) is 4.98 Å². The lowest BCUT2D eigenvalue weighted by molar-refractivity contribution is 0.272. The summed E-state index contributed by atoms with van der Waals surface area (Å²) in [7, 11) is 0. The summed E-state index contributed by atoms with van der Waals surface area (Å²) in [5, 5.41) is 5.58. The molecule has 0 bridgehead atoms. The topological polar surface area (TPSA) is 55.0 Å². The molecule has 4 nitrogen and oxygen atoms in total. The number of benzene rings is 1. The summed E-state index contributed by atoms with van der Waals surface area (Å²) in [5.74, 6) is 0.668. The maximum Gasteiger partial charge on any atom is 0.226 e. The van der Waals surface area contributed by atoms with Crippen molar-refractivity contribution in [2.75, 3.05) is 18.0 Å². The van der Waals surface area contributed by atoms with Crippen molar-refractivity contribution in [1.29, 1.82) is 0 Å². The Hall–Kier alpha value is -1.66. The van der Waals surface area contributed by atoms with Gasteiger partial charge in [-0.05, 0) is 43.3 Å². The minimum Gasteiger partial charge on any atom is -0.335 e. The van der Waals surface area contributed by atoms with Crippen LogP contribution in [-0.2, 0) is 12.8 Å². The molecule has 1 aliphatic carbocycles. The molecule has 1 fully saturated rings. The summed E-state index contributed by atoms with van der Waals surface area (Å²) in [5.41, 5.74) is 4.44. The molecule has 0 atom stereocenters. The summed E-state index contributed by atoms with van der Waals surface area (Å²) in [6.45, 7) is 0.807. The number of rotatable bonds is 3. The minimum absolute atomic E-state index is 0.404. The molecular weight excluding hydrogens is 299 g/mol. The molecule has 0 radical (unpaired) electrons.